The van der Waals surface area contributed by atoms with Crippen molar-refractivity contribution in [3.8, 4) is 0 Å². The third-order valence-electron chi connectivity index (χ3n) is 4.64. The fraction of sp³-hybridized carbons (Fsp3) is 0.300. The Morgan fingerprint density at radius 2 is 1.27 bits per heavy atom. The first-order valence-electron chi connectivity index (χ1n) is 9.14. The van der Waals surface area contributed by atoms with E-state index in [-0.39, 0.29) is 22.9 Å². The zero-order chi connectivity index (χ0) is 21.8. The quantitative estimate of drug-likeness (QED) is 0.142. The molecule has 1 heterocycles. The molecular formula is C20H24N4O4S2. The number of benzene rings is 2. The summed E-state index contributed by atoms with van der Waals surface area (Å²) in [5, 5.41) is 45.4. The lowest BCUT2D eigenvalue weighted by molar-refractivity contribution is -0.181. The predicted molar refractivity (Wildman–Crippen MR) is 118 cm³/mol. The van der Waals surface area contributed by atoms with Crippen LogP contribution < -0.4 is 11.5 Å². The number of amidine groups is 2. The minimum absolute atomic E-state index is 0.0221. The van der Waals surface area contributed by atoms with E-state index in [0.717, 1.165) is 9.79 Å². The highest BCUT2D eigenvalue weighted by molar-refractivity contribution is 8.17. The molecule has 0 aliphatic carbocycles. The van der Waals surface area contributed by atoms with Crippen molar-refractivity contribution in [2.45, 2.75) is 38.8 Å². The fourth-order valence-electron chi connectivity index (χ4n) is 2.92. The standard InChI is InChI=1S/C20H24N4O4S2/c21-18(22)10-1-5-12(6-2-10)29-20(17-16(27)15(26)14(25)9-28-17)30-13-7-3-11(4-8-13)19(23)24/h1-8,14-17,20,25-27H,9H2,(H3,21,22)(H3,23,24)/t14-,15-,16+,17+/m1/s1. The molecule has 0 radical (unpaired) electrons. The van der Waals surface area contributed by atoms with Crippen LogP contribution in [0.1, 0.15) is 11.1 Å². The molecule has 30 heavy (non-hydrogen) atoms. The molecule has 0 aromatic heterocycles. The highest BCUT2D eigenvalue weighted by atomic mass is 32.2. The SMILES string of the molecule is N=C(N)c1ccc(SC(Sc2ccc(C(=N)N)cc2)[C@H]2OC[C@@H](O)[C@@H](O)[C@@H]2O)cc1. The molecule has 160 valence electrons. The maximum Gasteiger partial charge on any atom is 0.122 e. The van der Waals surface area contributed by atoms with E-state index >= 15 is 0 Å². The van der Waals surface area contributed by atoms with Crippen molar-refractivity contribution in [3.63, 3.8) is 0 Å². The highest BCUT2D eigenvalue weighted by Gasteiger charge is 2.42. The molecule has 8 nitrogen and oxygen atoms in total. The molecule has 3 rings (SSSR count). The molecule has 1 fully saturated rings. The molecule has 10 heteroatoms. The Bertz CT molecular complexity index is 835. The van der Waals surface area contributed by atoms with Gasteiger partial charge in [0, 0.05) is 20.9 Å². The number of hydrogen-bond donors (Lipinski definition) is 7. The summed E-state index contributed by atoms with van der Waals surface area (Å²) in [4.78, 5) is 1.74. The summed E-state index contributed by atoms with van der Waals surface area (Å²) in [6.45, 7) is -0.0763. The van der Waals surface area contributed by atoms with Crippen molar-refractivity contribution in [1.82, 2.24) is 0 Å². The molecule has 2 aromatic rings. The van der Waals surface area contributed by atoms with Gasteiger partial charge in [0.25, 0.3) is 0 Å². The van der Waals surface area contributed by atoms with Gasteiger partial charge in [0.1, 0.15) is 36.1 Å². The van der Waals surface area contributed by atoms with Crippen LogP contribution in [0.3, 0.4) is 0 Å². The van der Waals surface area contributed by atoms with Gasteiger partial charge >= 0.3 is 0 Å². The van der Waals surface area contributed by atoms with E-state index in [1.807, 2.05) is 24.3 Å². The lowest BCUT2D eigenvalue weighted by Crippen LogP contribution is -2.55. The van der Waals surface area contributed by atoms with Crippen LogP contribution in [0.25, 0.3) is 0 Å². The summed E-state index contributed by atoms with van der Waals surface area (Å²) >= 11 is 2.87. The lowest BCUT2D eigenvalue weighted by Gasteiger charge is -2.38. The number of ether oxygens (including phenoxy) is 1. The number of nitrogens with one attached hydrogen (secondary N) is 2. The Morgan fingerprint density at radius 3 is 1.67 bits per heavy atom. The zero-order valence-corrected chi connectivity index (χ0v) is 17.6. The molecule has 1 aliphatic rings. The number of rotatable bonds is 7. The largest absolute Gasteiger partial charge is 0.388 e. The molecule has 0 saturated carbocycles. The second-order valence-electron chi connectivity index (χ2n) is 6.83. The van der Waals surface area contributed by atoms with Crippen molar-refractivity contribution in [1.29, 1.82) is 10.8 Å². The van der Waals surface area contributed by atoms with Gasteiger partial charge in [-0.25, -0.2) is 0 Å². The minimum Gasteiger partial charge on any atom is -0.388 e. The maximum absolute atomic E-state index is 10.5. The van der Waals surface area contributed by atoms with Crippen LogP contribution in [0.5, 0.6) is 0 Å². The summed E-state index contributed by atoms with van der Waals surface area (Å²) < 4.78 is 5.34. The smallest absolute Gasteiger partial charge is 0.122 e. The van der Waals surface area contributed by atoms with Gasteiger partial charge in [-0.05, 0) is 24.3 Å². The van der Waals surface area contributed by atoms with Crippen molar-refractivity contribution < 1.29 is 20.1 Å². The number of aliphatic hydroxyl groups excluding tert-OH is 3. The second-order valence-corrected chi connectivity index (χ2v) is 9.56. The Morgan fingerprint density at radius 1 is 0.833 bits per heavy atom. The molecule has 4 atom stereocenters. The predicted octanol–water partition coefficient (Wildman–Crippen LogP) is 0.947. The Hall–Kier alpha value is -2.08. The van der Waals surface area contributed by atoms with Gasteiger partial charge in [0.05, 0.1) is 11.2 Å². The van der Waals surface area contributed by atoms with Crippen molar-refractivity contribution >= 4 is 35.2 Å². The Balaban J connectivity index is 1.84. The topological polar surface area (TPSA) is 170 Å². The summed E-state index contributed by atoms with van der Waals surface area (Å²) in [5.41, 5.74) is 12.2. The Labute approximate surface area is 182 Å². The monoisotopic (exact) mass is 448 g/mol. The van der Waals surface area contributed by atoms with Crippen LogP contribution in [-0.4, -0.2) is 62.6 Å². The van der Waals surface area contributed by atoms with Gasteiger partial charge in [-0.2, -0.15) is 0 Å². The van der Waals surface area contributed by atoms with E-state index in [4.69, 9.17) is 27.0 Å². The van der Waals surface area contributed by atoms with Gasteiger partial charge in [-0.1, -0.05) is 24.3 Å². The molecule has 0 amide bonds. The van der Waals surface area contributed by atoms with Gasteiger partial charge in [-0.15, -0.1) is 23.5 Å². The summed E-state index contributed by atoms with van der Waals surface area (Å²) in [6, 6.07) is 14.3. The molecular weight excluding hydrogens is 424 g/mol. The first kappa shape index (κ1) is 22.6. The van der Waals surface area contributed by atoms with Crippen LogP contribution in [0.4, 0.5) is 0 Å². The maximum atomic E-state index is 10.5. The normalized spacial score (nSPS) is 24.9. The number of aliphatic hydroxyl groups is 3. The average molecular weight is 449 g/mol. The minimum atomic E-state index is -1.30. The van der Waals surface area contributed by atoms with Crippen LogP contribution in [0.2, 0.25) is 0 Å². The molecule has 2 aromatic carbocycles. The fourth-order valence-corrected chi connectivity index (χ4v) is 5.65. The van der Waals surface area contributed by atoms with Crippen molar-refractivity contribution in [2.75, 3.05) is 6.61 Å². The zero-order valence-electron chi connectivity index (χ0n) is 15.9. The molecule has 0 bridgehead atoms. The van der Waals surface area contributed by atoms with Gasteiger partial charge in [0.15, 0.2) is 0 Å². The van der Waals surface area contributed by atoms with Crippen LogP contribution in [-0.2, 0) is 4.74 Å². The summed E-state index contributed by atoms with van der Waals surface area (Å²) in [7, 11) is 0. The van der Waals surface area contributed by atoms with E-state index in [1.54, 1.807) is 24.3 Å². The van der Waals surface area contributed by atoms with E-state index in [9.17, 15) is 15.3 Å². The average Bonchev–Trinajstić information content (AvgIpc) is 2.72. The number of hydrogen-bond acceptors (Lipinski definition) is 8. The Kier molecular flexibility index (Phi) is 7.40. The summed E-state index contributed by atoms with van der Waals surface area (Å²) in [5.74, 6) is -0.0441. The van der Waals surface area contributed by atoms with E-state index in [0.29, 0.717) is 11.1 Å². The van der Waals surface area contributed by atoms with E-state index < -0.39 is 24.4 Å². The number of nitrogen functional groups attached to an aromatic ring is 2. The van der Waals surface area contributed by atoms with E-state index in [2.05, 4.69) is 0 Å². The van der Waals surface area contributed by atoms with Crippen LogP contribution in [0, 0.1) is 10.8 Å². The molecule has 0 spiro atoms. The van der Waals surface area contributed by atoms with Crippen molar-refractivity contribution in [3.05, 3.63) is 59.7 Å². The van der Waals surface area contributed by atoms with Crippen molar-refractivity contribution in [2.24, 2.45) is 11.5 Å². The number of nitrogens with two attached hydrogens (primary N) is 2. The van der Waals surface area contributed by atoms with Gasteiger partial charge in [-0.3, -0.25) is 10.8 Å². The second kappa shape index (κ2) is 9.82. The molecule has 9 N–H and O–H groups in total. The molecule has 1 saturated heterocycles. The lowest BCUT2D eigenvalue weighted by atomic mass is 10.0. The first-order valence-corrected chi connectivity index (χ1v) is 10.9. The van der Waals surface area contributed by atoms with Crippen LogP contribution >= 0.6 is 23.5 Å². The summed E-state index contributed by atoms with van der Waals surface area (Å²) in [6.07, 6.45) is -4.44. The van der Waals surface area contributed by atoms with Gasteiger partial charge in [0.2, 0.25) is 0 Å². The van der Waals surface area contributed by atoms with E-state index in [1.165, 1.54) is 23.5 Å². The first-order chi connectivity index (χ1) is 14.3. The van der Waals surface area contributed by atoms with Crippen LogP contribution in [0.15, 0.2) is 58.3 Å². The highest BCUT2D eigenvalue weighted by Crippen LogP contribution is 2.41. The molecule has 1 aliphatic heterocycles. The third kappa shape index (κ3) is 5.34. The third-order valence-corrected chi connectivity index (χ3v) is 7.31. The number of thioether (sulfide) groups is 2. The molecule has 0 unspecified atom stereocenters. The van der Waals surface area contributed by atoms with Gasteiger partial charge < -0.3 is 31.5 Å².